The van der Waals surface area contributed by atoms with Crippen molar-refractivity contribution in [3.8, 4) is 11.4 Å². The minimum atomic E-state index is 0.872. The molecule has 0 unspecified atom stereocenters. The summed E-state index contributed by atoms with van der Waals surface area (Å²) in [7, 11) is 0. The topological polar surface area (TPSA) is 32.3 Å². The molecule has 0 radical (unpaired) electrons. The molecule has 0 saturated carbocycles. The number of aromatic nitrogens is 2. The normalized spacial score (nSPS) is 16.1. The van der Waals surface area contributed by atoms with Gasteiger partial charge in [-0.25, -0.2) is 9.97 Å². The second kappa shape index (κ2) is 6.88. The van der Waals surface area contributed by atoms with Crippen molar-refractivity contribution in [2.45, 2.75) is 19.8 Å². The van der Waals surface area contributed by atoms with Crippen molar-refractivity contribution in [1.29, 1.82) is 0 Å². The Morgan fingerprint density at radius 1 is 1.05 bits per heavy atom. The molecular formula is C18H24N4. The summed E-state index contributed by atoms with van der Waals surface area (Å²) >= 11 is 0. The molecule has 0 aromatic carbocycles. The number of imidazole rings is 1. The van der Waals surface area contributed by atoms with Crippen LogP contribution in [0.4, 0.5) is 5.95 Å². The van der Waals surface area contributed by atoms with Gasteiger partial charge in [-0.15, -0.1) is 6.58 Å². The minimum absolute atomic E-state index is 0.872. The lowest BCUT2D eigenvalue weighted by Crippen LogP contribution is -2.46. The van der Waals surface area contributed by atoms with Crippen LogP contribution in [0.15, 0.2) is 36.9 Å². The van der Waals surface area contributed by atoms with Crippen LogP contribution in [0, 0.1) is 0 Å². The van der Waals surface area contributed by atoms with Crippen LogP contribution in [0.25, 0.3) is 11.4 Å². The molecule has 2 aliphatic heterocycles. The van der Waals surface area contributed by atoms with Crippen LogP contribution in [0.5, 0.6) is 0 Å². The molecule has 0 amide bonds. The van der Waals surface area contributed by atoms with Gasteiger partial charge in [0.05, 0.1) is 11.4 Å². The van der Waals surface area contributed by atoms with Crippen LogP contribution >= 0.6 is 0 Å². The van der Waals surface area contributed by atoms with E-state index in [4.69, 9.17) is 9.97 Å². The largest absolute Gasteiger partial charge is 0.338 e. The Kier molecular flexibility index (Phi) is 4.68. The zero-order chi connectivity index (χ0) is 15.4. The van der Waals surface area contributed by atoms with E-state index in [0.29, 0.717) is 0 Å². The Hall–Kier alpha value is -1.94. The summed E-state index contributed by atoms with van der Waals surface area (Å²) in [6.07, 6.45) is 4.24. The molecular weight excluding hydrogens is 272 g/mol. The van der Waals surface area contributed by atoms with E-state index in [-0.39, 0.29) is 0 Å². The number of fused-ring (bicyclic) bond motifs is 1. The van der Waals surface area contributed by atoms with Crippen molar-refractivity contribution >= 4 is 5.95 Å². The summed E-state index contributed by atoms with van der Waals surface area (Å²) in [5.74, 6) is 0.872. The molecule has 0 atom stereocenters. The van der Waals surface area contributed by atoms with Gasteiger partial charge in [-0.05, 0) is 24.1 Å². The summed E-state index contributed by atoms with van der Waals surface area (Å²) in [6.45, 7) is 11.0. The highest BCUT2D eigenvalue weighted by Crippen LogP contribution is 2.23. The van der Waals surface area contributed by atoms with Crippen molar-refractivity contribution in [2.75, 3.05) is 37.6 Å². The first-order valence-corrected chi connectivity index (χ1v) is 8.15. The van der Waals surface area contributed by atoms with E-state index < -0.39 is 0 Å². The molecule has 0 bridgehead atoms. The number of hydrogen-bond acceptors (Lipinski definition) is 4. The highest BCUT2D eigenvalue weighted by Gasteiger charge is 2.20. The van der Waals surface area contributed by atoms with E-state index in [0.717, 1.165) is 62.9 Å². The van der Waals surface area contributed by atoms with Gasteiger partial charge in [0, 0.05) is 32.7 Å². The van der Waals surface area contributed by atoms with Crippen molar-refractivity contribution in [2.24, 2.45) is 0 Å². The number of anilines is 1. The molecule has 3 aliphatic rings. The molecule has 4 nitrogen and oxygen atoms in total. The molecule has 1 aliphatic carbocycles. The monoisotopic (exact) mass is 296 g/mol. The maximum Gasteiger partial charge on any atom is 0.226 e. The van der Waals surface area contributed by atoms with Crippen molar-refractivity contribution in [3.05, 3.63) is 42.5 Å². The summed E-state index contributed by atoms with van der Waals surface area (Å²) in [5, 5.41) is 0. The molecule has 1 fully saturated rings. The Bertz CT molecular complexity index is 568. The SMILES string of the molecule is C=CCN1CCN(c2nc3ccc(CCC)ccc-3n2)CC1. The van der Waals surface area contributed by atoms with Crippen LogP contribution in [-0.4, -0.2) is 47.6 Å². The first-order valence-electron chi connectivity index (χ1n) is 8.15. The van der Waals surface area contributed by atoms with Crippen molar-refractivity contribution in [3.63, 3.8) is 0 Å². The lowest BCUT2D eigenvalue weighted by atomic mass is 10.2. The van der Waals surface area contributed by atoms with E-state index >= 15 is 0 Å². The molecule has 3 rings (SSSR count). The van der Waals surface area contributed by atoms with Gasteiger partial charge in [0.25, 0.3) is 0 Å². The van der Waals surface area contributed by atoms with Gasteiger partial charge in [-0.2, -0.15) is 0 Å². The molecule has 1 saturated heterocycles. The standard InChI is InChI=1S/C18H24N4/c1-3-5-15-6-8-16-17(9-7-15)20-18(19-16)22-13-11-21(10-4-2)12-14-22/h4,6-9H,2-3,5,10-14H2,1H3. The van der Waals surface area contributed by atoms with Crippen LogP contribution in [0.3, 0.4) is 0 Å². The van der Waals surface area contributed by atoms with Gasteiger partial charge in [0.2, 0.25) is 5.95 Å². The van der Waals surface area contributed by atoms with Gasteiger partial charge >= 0.3 is 0 Å². The third-order valence-corrected chi connectivity index (χ3v) is 4.19. The number of hydrogen-bond donors (Lipinski definition) is 0. The third kappa shape index (κ3) is 3.28. The summed E-state index contributed by atoms with van der Waals surface area (Å²) < 4.78 is 0. The molecule has 4 heteroatoms. The first-order chi connectivity index (χ1) is 10.8. The maximum atomic E-state index is 4.72. The highest BCUT2D eigenvalue weighted by atomic mass is 15.3. The fourth-order valence-electron chi connectivity index (χ4n) is 2.94. The third-order valence-electron chi connectivity index (χ3n) is 4.19. The number of nitrogens with zero attached hydrogens (tertiary/aromatic N) is 4. The maximum absolute atomic E-state index is 4.72. The molecule has 0 aromatic heterocycles. The van der Waals surface area contributed by atoms with Gasteiger partial charge in [-0.3, -0.25) is 4.90 Å². The first kappa shape index (κ1) is 15.0. The lowest BCUT2D eigenvalue weighted by molar-refractivity contribution is 0.283. The Labute approximate surface area is 132 Å². The number of piperazine rings is 1. The van der Waals surface area contributed by atoms with Gasteiger partial charge in [0.1, 0.15) is 0 Å². The van der Waals surface area contributed by atoms with Crippen LogP contribution < -0.4 is 4.90 Å². The van der Waals surface area contributed by atoms with E-state index in [1.165, 1.54) is 5.56 Å². The van der Waals surface area contributed by atoms with E-state index in [1.54, 1.807) is 0 Å². The lowest BCUT2D eigenvalue weighted by Gasteiger charge is -2.33. The molecule has 0 spiro atoms. The summed E-state index contributed by atoms with van der Waals surface area (Å²) in [6, 6.07) is 8.55. The van der Waals surface area contributed by atoms with Crippen LogP contribution in [0.2, 0.25) is 0 Å². The zero-order valence-corrected chi connectivity index (χ0v) is 13.3. The smallest absolute Gasteiger partial charge is 0.226 e. The fourth-order valence-corrected chi connectivity index (χ4v) is 2.94. The van der Waals surface area contributed by atoms with Gasteiger partial charge < -0.3 is 4.90 Å². The molecule has 2 heterocycles. The van der Waals surface area contributed by atoms with Crippen LogP contribution in [0.1, 0.15) is 18.9 Å². The second-order valence-corrected chi connectivity index (χ2v) is 5.86. The molecule has 0 aromatic rings. The predicted octanol–water partition coefficient (Wildman–Crippen LogP) is 2.84. The van der Waals surface area contributed by atoms with Gasteiger partial charge in [-0.1, -0.05) is 31.6 Å². The Balaban J connectivity index is 1.74. The number of aryl methyl sites for hydroxylation is 1. The average Bonchev–Trinajstić information content (AvgIpc) is 2.85. The van der Waals surface area contributed by atoms with Gasteiger partial charge in [0.15, 0.2) is 0 Å². The Morgan fingerprint density at radius 2 is 1.68 bits per heavy atom. The van der Waals surface area contributed by atoms with E-state index in [2.05, 4.69) is 47.6 Å². The molecule has 116 valence electrons. The second-order valence-electron chi connectivity index (χ2n) is 5.86. The molecule has 0 N–H and O–H groups in total. The summed E-state index contributed by atoms with van der Waals surface area (Å²) in [5.41, 5.74) is 3.33. The average molecular weight is 296 g/mol. The summed E-state index contributed by atoms with van der Waals surface area (Å²) in [4.78, 5) is 14.1. The molecule has 22 heavy (non-hydrogen) atoms. The minimum Gasteiger partial charge on any atom is -0.338 e. The predicted molar refractivity (Wildman–Crippen MR) is 91.5 cm³/mol. The Morgan fingerprint density at radius 3 is 2.23 bits per heavy atom. The van der Waals surface area contributed by atoms with E-state index in [9.17, 15) is 0 Å². The fraction of sp³-hybridized carbons (Fsp3) is 0.444. The number of rotatable bonds is 5. The highest BCUT2D eigenvalue weighted by molar-refractivity contribution is 5.60. The van der Waals surface area contributed by atoms with E-state index in [1.807, 2.05) is 6.08 Å². The van der Waals surface area contributed by atoms with Crippen molar-refractivity contribution < 1.29 is 0 Å². The zero-order valence-electron chi connectivity index (χ0n) is 13.3. The quantitative estimate of drug-likeness (QED) is 0.794. The van der Waals surface area contributed by atoms with Crippen LogP contribution in [-0.2, 0) is 6.42 Å². The van der Waals surface area contributed by atoms with Crippen molar-refractivity contribution in [1.82, 2.24) is 14.9 Å².